The molecule has 108 valence electrons. The highest BCUT2D eigenvalue weighted by atomic mass is 79.9. The maximum absolute atomic E-state index is 12.1. The van der Waals surface area contributed by atoms with E-state index in [0.717, 1.165) is 4.47 Å². The monoisotopic (exact) mass is 365 g/mol. The van der Waals surface area contributed by atoms with E-state index in [-0.39, 0.29) is 16.6 Å². The summed E-state index contributed by atoms with van der Waals surface area (Å²) in [6.45, 7) is 0. The fourth-order valence-electron chi connectivity index (χ4n) is 1.61. The number of aromatic nitrogens is 1. The Morgan fingerprint density at radius 1 is 1.38 bits per heavy atom. The van der Waals surface area contributed by atoms with Crippen LogP contribution >= 0.6 is 28.1 Å². The summed E-state index contributed by atoms with van der Waals surface area (Å²) >= 11 is 8.19. The molecule has 0 aliphatic heterocycles. The van der Waals surface area contributed by atoms with Crippen molar-refractivity contribution in [1.82, 2.24) is 4.98 Å². The third-order valence-electron chi connectivity index (χ3n) is 2.69. The molecule has 21 heavy (non-hydrogen) atoms. The van der Waals surface area contributed by atoms with E-state index in [0.29, 0.717) is 17.0 Å². The summed E-state index contributed by atoms with van der Waals surface area (Å²) in [6.07, 6.45) is 1.47. The van der Waals surface area contributed by atoms with E-state index in [1.807, 2.05) is 0 Å². The van der Waals surface area contributed by atoms with Gasteiger partial charge >= 0.3 is 0 Å². The summed E-state index contributed by atoms with van der Waals surface area (Å²) in [5.74, 6) is 0.369. The lowest BCUT2D eigenvalue weighted by molar-refractivity contribution is 0.102. The number of thiocarbonyl (C=S) groups is 1. The summed E-state index contributed by atoms with van der Waals surface area (Å²) in [5.41, 5.74) is 7.01. The molecule has 3 N–H and O–H groups in total. The Kier molecular flexibility index (Phi) is 4.87. The molecule has 0 aliphatic rings. The third-order valence-corrected chi connectivity index (χ3v) is 3.55. The Labute approximate surface area is 135 Å². The molecular formula is C14H12BrN3O2S. The van der Waals surface area contributed by atoms with Crippen molar-refractivity contribution in [2.75, 3.05) is 12.4 Å². The number of anilines is 1. The zero-order valence-electron chi connectivity index (χ0n) is 11.1. The number of carbonyl (C=O) groups excluding carboxylic acids is 1. The molecular weight excluding hydrogens is 354 g/mol. The van der Waals surface area contributed by atoms with Gasteiger partial charge in [-0.25, -0.2) is 0 Å². The Morgan fingerprint density at radius 3 is 2.67 bits per heavy atom. The van der Waals surface area contributed by atoms with Crippen LogP contribution in [-0.2, 0) is 0 Å². The lowest BCUT2D eigenvalue weighted by atomic mass is 10.2. The van der Waals surface area contributed by atoms with Gasteiger partial charge in [0.25, 0.3) is 5.91 Å². The van der Waals surface area contributed by atoms with Crippen LogP contribution in [0.1, 0.15) is 16.1 Å². The second-order valence-corrected chi connectivity index (χ2v) is 5.39. The first-order valence-electron chi connectivity index (χ1n) is 5.92. The van der Waals surface area contributed by atoms with Crippen molar-refractivity contribution in [1.29, 1.82) is 0 Å². The Morgan fingerprint density at radius 2 is 2.14 bits per heavy atom. The van der Waals surface area contributed by atoms with Crippen LogP contribution < -0.4 is 15.8 Å². The first-order chi connectivity index (χ1) is 10.0. The number of halogens is 1. The van der Waals surface area contributed by atoms with Gasteiger partial charge < -0.3 is 15.8 Å². The van der Waals surface area contributed by atoms with E-state index in [9.17, 15) is 4.79 Å². The molecule has 0 saturated heterocycles. The van der Waals surface area contributed by atoms with Gasteiger partial charge in [0.2, 0.25) is 0 Å². The number of pyridine rings is 1. The van der Waals surface area contributed by atoms with Crippen LogP contribution in [0, 0.1) is 0 Å². The van der Waals surface area contributed by atoms with Crippen molar-refractivity contribution in [3.63, 3.8) is 0 Å². The highest BCUT2D eigenvalue weighted by molar-refractivity contribution is 9.10. The van der Waals surface area contributed by atoms with Gasteiger partial charge in [0.1, 0.15) is 16.4 Å². The van der Waals surface area contributed by atoms with E-state index < -0.39 is 0 Å². The maximum atomic E-state index is 12.1. The van der Waals surface area contributed by atoms with Crippen molar-refractivity contribution >= 4 is 44.7 Å². The number of benzene rings is 1. The van der Waals surface area contributed by atoms with Crippen LogP contribution in [0.3, 0.4) is 0 Å². The molecule has 0 unspecified atom stereocenters. The van der Waals surface area contributed by atoms with Gasteiger partial charge in [-0.2, -0.15) is 0 Å². The number of rotatable bonds is 4. The first-order valence-corrected chi connectivity index (χ1v) is 7.12. The Hall–Kier alpha value is -1.99. The molecule has 1 amide bonds. The third kappa shape index (κ3) is 3.77. The molecule has 2 aromatic rings. The number of carbonyl (C=O) groups is 1. The second-order valence-electron chi connectivity index (χ2n) is 4.10. The summed E-state index contributed by atoms with van der Waals surface area (Å²) in [6, 6.07) is 8.48. The van der Waals surface area contributed by atoms with Crippen LogP contribution in [-0.4, -0.2) is 23.0 Å². The van der Waals surface area contributed by atoms with Gasteiger partial charge in [-0.1, -0.05) is 12.2 Å². The predicted octanol–water partition coefficient (Wildman–Crippen LogP) is 2.74. The van der Waals surface area contributed by atoms with Crippen molar-refractivity contribution < 1.29 is 9.53 Å². The number of nitrogens with zero attached hydrogens (tertiary/aromatic N) is 1. The number of nitrogens with one attached hydrogen (secondary N) is 1. The number of hydrogen-bond acceptors (Lipinski definition) is 4. The minimum Gasteiger partial charge on any atom is -0.496 e. The zero-order valence-corrected chi connectivity index (χ0v) is 13.5. The van der Waals surface area contributed by atoms with E-state index >= 15 is 0 Å². The fourth-order valence-corrected chi connectivity index (χ4v) is 2.27. The van der Waals surface area contributed by atoms with Crippen LogP contribution in [0.5, 0.6) is 5.75 Å². The largest absolute Gasteiger partial charge is 0.496 e. The van der Waals surface area contributed by atoms with E-state index in [1.165, 1.54) is 6.20 Å². The van der Waals surface area contributed by atoms with E-state index in [2.05, 4.69) is 26.2 Å². The van der Waals surface area contributed by atoms with Crippen molar-refractivity contribution in [3.8, 4) is 5.75 Å². The maximum Gasteiger partial charge on any atom is 0.274 e. The van der Waals surface area contributed by atoms with Gasteiger partial charge in [-0.15, -0.1) is 0 Å². The molecule has 0 fully saturated rings. The highest BCUT2D eigenvalue weighted by Gasteiger charge is 2.09. The van der Waals surface area contributed by atoms with Crippen LogP contribution in [0.2, 0.25) is 0 Å². The number of ether oxygens (including phenoxy) is 1. The van der Waals surface area contributed by atoms with E-state index in [4.69, 9.17) is 22.7 Å². The number of nitrogens with two attached hydrogens (primary N) is 1. The van der Waals surface area contributed by atoms with Crippen molar-refractivity contribution in [3.05, 3.63) is 52.3 Å². The van der Waals surface area contributed by atoms with Crippen molar-refractivity contribution in [2.24, 2.45) is 5.73 Å². The minimum atomic E-state index is -0.318. The fraction of sp³-hybridized carbons (Fsp3) is 0.0714. The molecule has 1 aromatic heterocycles. The normalized spacial score (nSPS) is 10.0. The lowest BCUT2D eigenvalue weighted by Gasteiger charge is -2.08. The van der Waals surface area contributed by atoms with Gasteiger partial charge in [0.05, 0.1) is 11.6 Å². The van der Waals surface area contributed by atoms with Gasteiger partial charge in [-0.05, 0) is 46.3 Å². The highest BCUT2D eigenvalue weighted by Crippen LogP contribution is 2.27. The smallest absolute Gasteiger partial charge is 0.274 e. The molecule has 2 rings (SSSR count). The van der Waals surface area contributed by atoms with Gasteiger partial charge in [-0.3, -0.25) is 9.78 Å². The number of methoxy groups -OCH3 is 1. The molecule has 0 bridgehead atoms. The van der Waals surface area contributed by atoms with Crippen LogP contribution in [0.15, 0.2) is 41.0 Å². The first kappa shape index (κ1) is 15.4. The average Bonchev–Trinajstić information content (AvgIpc) is 2.47. The second kappa shape index (κ2) is 6.64. The predicted molar refractivity (Wildman–Crippen MR) is 88.8 cm³/mol. The number of hydrogen-bond donors (Lipinski definition) is 2. The molecule has 1 aromatic carbocycles. The molecule has 0 radical (unpaired) electrons. The summed E-state index contributed by atoms with van der Waals surface area (Å²) in [5, 5.41) is 2.75. The molecule has 0 saturated carbocycles. The molecule has 0 atom stereocenters. The van der Waals surface area contributed by atoms with E-state index in [1.54, 1.807) is 37.4 Å². The lowest BCUT2D eigenvalue weighted by Crippen LogP contribution is -2.15. The Balaban J connectivity index is 2.14. The molecule has 1 heterocycles. The van der Waals surface area contributed by atoms with Gasteiger partial charge in [0, 0.05) is 17.4 Å². The quantitative estimate of drug-likeness (QED) is 0.814. The van der Waals surface area contributed by atoms with Crippen LogP contribution in [0.25, 0.3) is 0 Å². The standard InChI is InChI=1S/C14H12BrN3O2S/c1-20-12-5-3-9(6-10(12)15)18-14(19)11-4-2-8(7-17-11)13(16)21/h2-7H,1H3,(H2,16,21)(H,18,19). The summed E-state index contributed by atoms with van der Waals surface area (Å²) in [7, 11) is 1.58. The Bertz CT molecular complexity index is 689. The summed E-state index contributed by atoms with van der Waals surface area (Å²) < 4.78 is 5.88. The van der Waals surface area contributed by atoms with Gasteiger partial charge in [0.15, 0.2) is 0 Å². The SMILES string of the molecule is COc1ccc(NC(=O)c2ccc(C(N)=S)cn2)cc1Br. The molecule has 5 nitrogen and oxygen atoms in total. The topological polar surface area (TPSA) is 77.2 Å². The molecule has 0 aliphatic carbocycles. The van der Waals surface area contributed by atoms with Crippen molar-refractivity contribution in [2.45, 2.75) is 0 Å². The summed E-state index contributed by atoms with van der Waals surface area (Å²) in [4.78, 5) is 16.4. The molecule has 7 heteroatoms. The van der Waals surface area contributed by atoms with Crippen LogP contribution in [0.4, 0.5) is 5.69 Å². The number of amides is 1. The average molecular weight is 366 g/mol. The minimum absolute atomic E-state index is 0.244. The molecule has 0 spiro atoms. The zero-order chi connectivity index (χ0) is 15.4.